The summed E-state index contributed by atoms with van der Waals surface area (Å²) in [5.41, 5.74) is 0.604. The molecule has 2 bridgehead atoms. The molecule has 2 amide bonds. The summed E-state index contributed by atoms with van der Waals surface area (Å²) in [6.07, 6.45) is 4.22. The Morgan fingerprint density at radius 2 is 1.64 bits per heavy atom. The molecule has 2 fully saturated rings. The molecule has 3 aliphatic rings. The Labute approximate surface area is 128 Å². The molecule has 5 nitrogen and oxygen atoms in total. The third kappa shape index (κ3) is 1.82. The molecule has 0 spiro atoms. The number of ether oxygens (including phenoxy) is 2. The number of amides is 2. The number of hydrogen-bond acceptors (Lipinski definition) is 4. The molecule has 114 valence electrons. The monoisotopic (exact) mass is 299 g/mol. The van der Waals surface area contributed by atoms with Gasteiger partial charge in [-0.3, -0.25) is 9.59 Å². The number of rotatable bonds is 4. The molecule has 1 aromatic rings. The molecule has 0 radical (unpaired) electrons. The molecule has 0 saturated carbocycles. The molecule has 4 rings (SSSR count). The summed E-state index contributed by atoms with van der Waals surface area (Å²) >= 11 is 0. The summed E-state index contributed by atoms with van der Waals surface area (Å²) < 4.78 is 11.2. The quantitative estimate of drug-likeness (QED) is 0.629. The first-order valence-corrected chi connectivity index (χ1v) is 7.65. The molecule has 22 heavy (non-hydrogen) atoms. The van der Waals surface area contributed by atoms with Crippen molar-refractivity contribution < 1.29 is 19.1 Å². The van der Waals surface area contributed by atoms with Crippen LogP contribution in [0.15, 0.2) is 36.4 Å². The highest BCUT2D eigenvalue weighted by atomic mass is 16.5. The fourth-order valence-electron chi connectivity index (χ4n) is 3.47. The third-order valence-electron chi connectivity index (χ3n) is 4.48. The van der Waals surface area contributed by atoms with E-state index in [0.29, 0.717) is 12.3 Å². The fourth-order valence-corrected chi connectivity index (χ4v) is 3.47. The molecule has 2 saturated heterocycles. The van der Waals surface area contributed by atoms with Gasteiger partial charge in [-0.2, -0.15) is 0 Å². The van der Waals surface area contributed by atoms with Crippen LogP contribution in [0.4, 0.5) is 5.69 Å². The van der Waals surface area contributed by atoms with Gasteiger partial charge in [0.15, 0.2) is 0 Å². The lowest BCUT2D eigenvalue weighted by Crippen LogP contribution is -2.34. The Balaban J connectivity index is 1.58. The fraction of sp³-hybridized carbons (Fsp3) is 0.412. The zero-order valence-electron chi connectivity index (χ0n) is 12.3. The second-order valence-electron chi connectivity index (χ2n) is 5.86. The van der Waals surface area contributed by atoms with E-state index in [1.807, 2.05) is 19.1 Å². The Kier molecular flexibility index (Phi) is 3.04. The first-order chi connectivity index (χ1) is 10.7. The minimum Gasteiger partial charge on any atom is -0.494 e. The molecule has 3 aliphatic heterocycles. The SMILES string of the molecule is CCCOc1ccc(N2C(=O)[C@@H]3[C@H](C2=O)[C@@H]2C=C[C@H]3O2)cc1. The average Bonchev–Trinajstić information content (AvgIpc) is 3.20. The van der Waals surface area contributed by atoms with Crippen LogP contribution in [0.1, 0.15) is 13.3 Å². The Morgan fingerprint density at radius 1 is 1.05 bits per heavy atom. The van der Waals surface area contributed by atoms with E-state index in [9.17, 15) is 9.59 Å². The number of benzene rings is 1. The second-order valence-corrected chi connectivity index (χ2v) is 5.86. The third-order valence-corrected chi connectivity index (χ3v) is 4.48. The van der Waals surface area contributed by atoms with Crippen molar-refractivity contribution >= 4 is 17.5 Å². The number of nitrogens with zero attached hydrogens (tertiary/aromatic N) is 1. The summed E-state index contributed by atoms with van der Waals surface area (Å²) in [6, 6.07) is 7.11. The van der Waals surface area contributed by atoms with Crippen molar-refractivity contribution in [2.75, 3.05) is 11.5 Å². The predicted molar refractivity (Wildman–Crippen MR) is 79.5 cm³/mol. The number of carbonyl (C=O) groups excluding carboxylic acids is 2. The van der Waals surface area contributed by atoms with Crippen LogP contribution in [-0.4, -0.2) is 30.6 Å². The van der Waals surface area contributed by atoms with Crippen molar-refractivity contribution in [3.63, 3.8) is 0 Å². The molecule has 0 aliphatic carbocycles. The molecular weight excluding hydrogens is 282 g/mol. The lowest BCUT2D eigenvalue weighted by atomic mass is 9.85. The first kappa shape index (κ1) is 13.5. The predicted octanol–water partition coefficient (Wildman–Crippen LogP) is 1.92. The summed E-state index contributed by atoms with van der Waals surface area (Å²) in [4.78, 5) is 26.5. The van der Waals surface area contributed by atoms with E-state index < -0.39 is 0 Å². The van der Waals surface area contributed by atoms with Gasteiger partial charge in [-0.25, -0.2) is 4.90 Å². The van der Waals surface area contributed by atoms with Crippen LogP contribution in [0, 0.1) is 11.8 Å². The van der Waals surface area contributed by atoms with Gasteiger partial charge in [-0.15, -0.1) is 0 Å². The van der Waals surface area contributed by atoms with Crippen molar-refractivity contribution in [2.24, 2.45) is 11.8 Å². The van der Waals surface area contributed by atoms with E-state index in [0.717, 1.165) is 12.2 Å². The van der Waals surface area contributed by atoms with Gasteiger partial charge >= 0.3 is 0 Å². The second kappa shape index (κ2) is 4.95. The minimum atomic E-state index is -0.362. The van der Waals surface area contributed by atoms with Crippen LogP contribution in [0.5, 0.6) is 5.75 Å². The Morgan fingerprint density at radius 3 is 2.18 bits per heavy atom. The largest absolute Gasteiger partial charge is 0.494 e. The van der Waals surface area contributed by atoms with E-state index in [4.69, 9.17) is 9.47 Å². The van der Waals surface area contributed by atoms with Gasteiger partial charge in [0, 0.05) is 0 Å². The highest BCUT2D eigenvalue weighted by Crippen LogP contribution is 2.46. The van der Waals surface area contributed by atoms with Crippen LogP contribution in [0.2, 0.25) is 0 Å². The molecule has 3 heterocycles. The number of carbonyl (C=O) groups is 2. The lowest BCUT2D eigenvalue weighted by molar-refractivity contribution is -0.124. The van der Waals surface area contributed by atoms with Crippen molar-refractivity contribution in [2.45, 2.75) is 25.6 Å². The van der Waals surface area contributed by atoms with Crippen LogP contribution in [0.25, 0.3) is 0 Å². The standard InChI is InChI=1S/C17H17NO4/c1-2-9-21-11-5-3-10(4-6-11)18-16(19)14-12-7-8-13(22-12)15(14)17(18)20/h3-8,12-15H,2,9H2,1H3/t12-,13+,14+,15-. The summed E-state index contributed by atoms with van der Waals surface area (Å²) in [5.74, 6) is -0.296. The maximum atomic E-state index is 12.6. The van der Waals surface area contributed by atoms with Crippen molar-refractivity contribution in [3.05, 3.63) is 36.4 Å². The van der Waals surface area contributed by atoms with E-state index in [1.54, 1.807) is 24.3 Å². The maximum Gasteiger partial charge on any atom is 0.240 e. The molecular formula is C17H17NO4. The lowest BCUT2D eigenvalue weighted by Gasteiger charge is -2.18. The zero-order valence-corrected chi connectivity index (χ0v) is 12.3. The van der Waals surface area contributed by atoms with Gasteiger partial charge in [0.25, 0.3) is 0 Å². The molecule has 0 unspecified atom stereocenters. The van der Waals surface area contributed by atoms with Crippen molar-refractivity contribution in [1.82, 2.24) is 0 Å². The van der Waals surface area contributed by atoms with Crippen LogP contribution < -0.4 is 9.64 Å². The van der Waals surface area contributed by atoms with E-state index in [1.165, 1.54) is 4.90 Å². The van der Waals surface area contributed by atoms with Crippen molar-refractivity contribution in [1.29, 1.82) is 0 Å². The van der Waals surface area contributed by atoms with Crippen LogP contribution in [-0.2, 0) is 14.3 Å². The zero-order chi connectivity index (χ0) is 15.3. The van der Waals surface area contributed by atoms with E-state index >= 15 is 0 Å². The van der Waals surface area contributed by atoms with Gasteiger partial charge in [0.05, 0.1) is 36.3 Å². The van der Waals surface area contributed by atoms with Crippen LogP contribution in [0.3, 0.4) is 0 Å². The number of fused-ring (bicyclic) bond motifs is 5. The van der Waals surface area contributed by atoms with Gasteiger partial charge in [-0.1, -0.05) is 19.1 Å². The van der Waals surface area contributed by atoms with Crippen molar-refractivity contribution in [3.8, 4) is 5.75 Å². The topological polar surface area (TPSA) is 55.8 Å². The van der Waals surface area contributed by atoms with Gasteiger partial charge in [0.2, 0.25) is 11.8 Å². The molecule has 1 aromatic carbocycles. The minimum absolute atomic E-state index is 0.158. The normalized spacial score (nSPS) is 32.0. The summed E-state index contributed by atoms with van der Waals surface area (Å²) in [6.45, 7) is 2.69. The number of imide groups is 1. The molecule has 0 aromatic heterocycles. The molecule has 5 heteroatoms. The summed E-state index contributed by atoms with van der Waals surface area (Å²) in [7, 11) is 0. The molecule has 0 N–H and O–H groups in total. The average molecular weight is 299 g/mol. The van der Waals surface area contributed by atoms with Gasteiger partial charge < -0.3 is 9.47 Å². The highest BCUT2D eigenvalue weighted by Gasteiger charge is 2.60. The van der Waals surface area contributed by atoms with Gasteiger partial charge in [0.1, 0.15) is 5.75 Å². The first-order valence-electron chi connectivity index (χ1n) is 7.65. The number of hydrogen-bond donors (Lipinski definition) is 0. The smallest absolute Gasteiger partial charge is 0.240 e. The molecule has 4 atom stereocenters. The Hall–Kier alpha value is -2.14. The van der Waals surface area contributed by atoms with E-state index in [-0.39, 0.29) is 35.9 Å². The summed E-state index contributed by atoms with van der Waals surface area (Å²) in [5, 5.41) is 0. The van der Waals surface area contributed by atoms with E-state index in [2.05, 4.69) is 0 Å². The Bertz CT molecular complexity index is 621. The maximum absolute atomic E-state index is 12.6. The number of anilines is 1. The van der Waals surface area contributed by atoms with Crippen LogP contribution >= 0.6 is 0 Å². The van der Waals surface area contributed by atoms with Gasteiger partial charge in [-0.05, 0) is 30.7 Å². The highest BCUT2D eigenvalue weighted by molar-refractivity contribution is 6.23.